The van der Waals surface area contributed by atoms with E-state index in [-0.39, 0.29) is 17.5 Å². The molecule has 2 aromatic carbocycles. The summed E-state index contributed by atoms with van der Waals surface area (Å²) in [7, 11) is 0. The SMILES string of the molecule is Cc1c(F)cccc1N1Cc2ccc(F)cc2C1=N. The summed E-state index contributed by atoms with van der Waals surface area (Å²) >= 11 is 0. The molecule has 0 saturated heterocycles. The predicted octanol–water partition coefficient (Wildman–Crippen LogP) is 3.62. The summed E-state index contributed by atoms with van der Waals surface area (Å²) in [5.74, 6) is -0.447. The van der Waals surface area contributed by atoms with Crippen molar-refractivity contribution in [2.24, 2.45) is 0 Å². The van der Waals surface area contributed by atoms with Crippen molar-refractivity contribution in [3.63, 3.8) is 0 Å². The largest absolute Gasteiger partial charge is 0.322 e. The lowest BCUT2D eigenvalue weighted by Gasteiger charge is -2.20. The molecule has 0 aromatic heterocycles. The number of halogens is 2. The Kier molecular flexibility index (Phi) is 2.59. The Bertz CT molecular complexity index is 680. The van der Waals surface area contributed by atoms with Gasteiger partial charge in [-0.3, -0.25) is 5.41 Å². The van der Waals surface area contributed by atoms with E-state index in [1.807, 2.05) is 0 Å². The number of amidine groups is 1. The fraction of sp³-hybridized carbons (Fsp3) is 0.133. The van der Waals surface area contributed by atoms with E-state index in [0.29, 0.717) is 23.4 Å². The van der Waals surface area contributed by atoms with Crippen LogP contribution in [0.5, 0.6) is 0 Å². The number of anilines is 1. The number of hydrogen-bond acceptors (Lipinski definition) is 1. The third-order valence-corrected chi connectivity index (χ3v) is 3.46. The van der Waals surface area contributed by atoms with Crippen LogP contribution in [0.1, 0.15) is 16.7 Å². The molecule has 4 heteroatoms. The maximum absolute atomic E-state index is 13.6. The average Bonchev–Trinajstić information content (AvgIpc) is 2.70. The Morgan fingerprint density at radius 1 is 1.16 bits per heavy atom. The Hall–Kier alpha value is -2.23. The standard InChI is InChI=1S/C15H12F2N2/c1-9-13(17)3-2-4-14(9)19-8-10-5-6-11(16)7-12(10)15(19)18/h2-7,18H,8H2,1H3. The molecule has 2 nitrogen and oxygen atoms in total. The quantitative estimate of drug-likeness (QED) is 0.831. The van der Waals surface area contributed by atoms with E-state index in [9.17, 15) is 8.78 Å². The van der Waals surface area contributed by atoms with Crippen LogP contribution in [0, 0.1) is 24.0 Å². The predicted molar refractivity (Wildman–Crippen MR) is 70.5 cm³/mol. The number of nitrogens with zero attached hydrogens (tertiary/aromatic N) is 1. The lowest BCUT2D eigenvalue weighted by atomic mass is 10.1. The Labute approximate surface area is 109 Å². The van der Waals surface area contributed by atoms with Crippen LogP contribution in [0.4, 0.5) is 14.5 Å². The van der Waals surface area contributed by atoms with Crippen molar-refractivity contribution in [1.82, 2.24) is 0 Å². The van der Waals surface area contributed by atoms with E-state index in [2.05, 4.69) is 0 Å². The summed E-state index contributed by atoms with van der Waals surface area (Å²) in [5.41, 5.74) is 2.61. The van der Waals surface area contributed by atoms with E-state index in [4.69, 9.17) is 5.41 Å². The molecule has 1 aliphatic rings. The van der Waals surface area contributed by atoms with E-state index in [1.54, 1.807) is 30.0 Å². The highest BCUT2D eigenvalue weighted by Crippen LogP contribution is 2.31. The van der Waals surface area contributed by atoms with Crippen molar-refractivity contribution >= 4 is 11.5 Å². The minimum Gasteiger partial charge on any atom is -0.322 e. The highest BCUT2D eigenvalue weighted by atomic mass is 19.1. The van der Waals surface area contributed by atoms with Gasteiger partial charge in [-0.1, -0.05) is 12.1 Å². The van der Waals surface area contributed by atoms with Gasteiger partial charge in [0.1, 0.15) is 17.5 Å². The van der Waals surface area contributed by atoms with Crippen molar-refractivity contribution < 1.29 is 8.78 Å². The first kappa shape index (κ1) is 11.8. The Morgan fingerprint density at radius 3 is 2.74 bits per heavy atom. The first-order valence-corrected chi connectivity index (χ1v) is 5.98. The van der Waals surface area contributed by atoms with Gasteiger partial charge in [0.05, 0.1) is 6.54 Å². The molecular weight excluding hydrogens is 246 g/mol. The van der Waals surface area contributed by atoms with Crippen molar-refractivity contribution in [2.45, 2.75) is 13.5 Å². The second-order valence-electron chi connectivity index (χ2n) is 4.62. The van der Waals surface area contributed by atoms with Gasteiger partial charge in [-0.2, -0.15) is 0 Å². The normalized spacial score (nSPS) is 13.8. The molecule has 0 spiro atoms. The maximum atomic E-state index is 13.6. The third-order valence-electron chi connectivity index (χ3n) is 3.46. The van der Waals surface area contributed by atoms with Gasteiger partial charge in [-0.05, 0) is 36.8 Å². The van der Waals surface area contributed by atoms with Crippen molar-refractivity contribution in [3.8, 4) is 0 Å². The molecule has 0 radical (unpaired) electrons. The summed E-state index contributed by atoms with van der Waals surface area (Å²) in [5, 5.41) is 8.13. The molecule has 3 rings (SSSR count). The van der Waals surface area contributed by atoms with Crippen molar-refractivity contribution in [2.75, 3.05) is 4.90 Å². The van der Waals surface area contributed by atoms with Gasteiger partial charge in [-0.25, -0.2) is 8.78 Å². The van der Waals surface area contributed by atoms with Gasteiger partial charge in [-0.15, -0.1) is 0 Å². The second-order valence-corrected chi connectivity index (χ2v) is 4.62. The van der Waals surface area contributed by atoms with Crippen molar-refractivity contribution in [1.29, 1.82) is 5.41 Å². The lowest BCUT2D eigenvalue weighted by molar-refractivity contribution is 0.618. The zero-order valence-corrected chi connectivity index (χ0v) is 10.4. The average molecular weight is 258 g/mol. The number of fused-ring (bicyclic) bond motifs is 1. The molecule has 1 N–H and O–H groups in total. The number of rotatable bonds is 1. The molecule has 96 valence electrons. The number of nitrogens with one attached hydrogen (secondary N) is 1. The second kappa shape index (κ2) is 4.16. The van der Waals surface area contributed by atoms with Crippen LogP contribution in [0.15, 0.2) is 36.4 Å². The van der Waals surface area contributed by atoms with Gasteiger partial charge in [0.15, 0.2) is 0 Å². The molecule has 0 unspecified atom stereocenters. The van der Waals surface area contributed by atoms with Crippen LogP contribution in [0.3, 0.4) is 0 Å². The molecular formula is C15H12F2N2. The summed E-state index contributed by atoms with van der Waals surface area (Å²) in [6.07, 6.45) is 0. The van der Waals surface area contributed by atoms with Crippen LogP contribution in [0.2, 0.25) is 0 Å². The third kappa shape index (κ3) is 1.80. The summed E-state index contributed by atoms with van der Waals surface area (Å²) < 4.78 is 26.8. The van der Waals surface area contributed by atoms with Gasteiger partial charge in [0.2, 0.25) is 0 Å². The Morgan fingerprint density at radius 2 is 1.95 bits per heavy atom. The van der Waals surface area contributed by atoms with Gasteiger partial charge in [0, 0.05) is 16.8 Å². The first-order valence-electron chi connectivity index (χ1n) is 5.98. The molecule has 0 aliphatic carbocycles. The van der Waals surface area contributed by atoms with E-state index < -0.39 is 0 Å². The molecule has 0 saturated carbocycles. The maximum Gasteiger partial charge on any atom is 0.133 e. The first-order chi connectivity index (χ1) is 9.08. The zero-order chi connectivity index (χ0) is 13.6. The van der Waals surface area contributed by atoms with Gasteiger partial charge < -0.3 is 4.90 Å². The van der Waals surface area contributed by atoms with Crippen LogP contribution in [-0.4, -0.2) is 5.84 Å². The molecule has 0 fully saturated rings. The zero-order valence-electron chi connectivity index (χ0n) is 10.4. The fourth-order valence-corrected chi connectivity index (χ4v) is 2.40. The lowest BCUT2D eigenvalue weighted by Crippen LogP contribution is -2.24. The molecule has 1 heterocycles. The van der Waals surface area contributed by atoms with E-state index >= 15 is 0 Å². The van der Waals surface area contributed by atoms with Crippen LogP contribution >= 0.6 is 0 Å². The topological polar surface area (TPSA) is 27.1 Å². The number of benzene rings is 2. The molecule has 0 bridgehead atoms. The summed E-state index contributed by atoms with van der Waals surface area (Å²) in [6.45, 7) is 2.15. The highest BCUT2D eigenvalue weighted by Gasteiger charge is 2.27. The van der Waals surface area contributed by atoms with Crippen LogP contribution < -0.4 is 4.90 Å². The molecule has 0 atom stereocenters. The molecule has 19 heavy (non-hydrogen) atoms. The molecule has 2 aromatic rings. The van der Waals surface area contributed by atoms with E-state index in [0.717, 1.165) is 5.56 Å². The monoisotopic (exact) mass is 258 g/mol. The summed E-state index contributed by atoms with van der Waals surface area (Å²) in [6, 6.07) is 9.20. The van der Waals surface area contributed by atoms with Crippen molar-refractivity contribution in [3.05, 3.63) is 64.7 Å². The van der Waals surface area contributed by atoms with Gasteiger partial charge in [0.25, 0.3) is 0 Å². The fourth-order valence-electron chi connectivity index (χ4n) is 2.40. The number of hydrogen-bond donors (Lipinski definition) is 1. The Balaban J connectivity index is 2.07. The molecule has 1 aliphatic heterocycles. The highest BCUT2D eigenvalue weighted by molar-refractivity contribution is 6.11. The molecule has 0 amide bonds. The minimum atomic E-state index is -0.360. The van der Waals surface area contributed by atoms with E-state index in [1.165, 1.54) is 18.2 Å². The van der Waals surface area contributed by atoms with Crippen LogP contribution in [-0.2, 0) is 6.54 Å². The smallest absolute Gasteiger partial charge is 0.133 e. The van der Waals surface area contributed by atoms with Gasteiger partial charge >= 0.3 is 0 Å². The summed E-state index contributed by atoms with van der Waals surface area (Å²) in [4.78, 5) is 1.70. The minimum absolute atomic E-state index is 0.211. The van der Waals surface area contributed by atoms with Crippen LogP contribution in [0.25, 0.3) is 0 Å².